The maximum atomic E-state index is 11.5. The Bertz CT molecular complexity index is 398. The molecule has 0 bridgehead atoms. The molecule has 18 heavy (non-hydrogen) atoms. The van der Waals surface area contributed by atoms with E-state index < -0.39 is 21.8 Å². The van der Waals surface area contributed by atoms with Gasteiger partial charge in [-0.15, -0.1) is 0 Å². The lowest BCUT2D eigenvalue weighted by Gasteiger charge is -2.21. The molecule has 0 aromatic carbocycles. The van der Waals surface area contributed by atoms with E-state index in [2.05, 4.69) is 5.32 Å². The number of nitrogens with one attached hydrogen (secondary N) is 1. The minimum Gasteiger partial charge on any atom is -0.444 e. The molecule has 0 unspecified atom stereocenters. The van der Waals surface area contributed by atoms with Crippen LogP contribution in [0.2, 0.25) is 0 Å². The molecule has 1 aliphatic rings. The maximum absolute atomic E-state index is 11.5. The smallest absolute Gasteiger partial charge is 0.407 e. The molecule has 0 saturated heterocycles. The van der Waals surface area contributed by atoms with Gasteiger partial charge in [0.05, 0.1) is 5.75 Å². The van der Waals surface area contributed by atoms with E-state index in [1.807, 2.05) is 0 Å². The number of hydrogen-bond donors (Lipinski definition) is 2. The van der Waals surface area contributed by atoms with Crippen LogP contribution >= 0.6 is 0 Å². The van der Waals surface area contributed by atoms with Gasteiger partial charge in [0.1, 0.15) is 5.60 Å². The average Bonchev–Trinajstić information content (AvgIpc) is 2.44. The third-order valence-electron chi connectivity index (χ3n) is 2.71. The van der Waals surface area contributed by atoms with Crippen molar-refractivity contribution in [2.75, 3.05) is 5.75 Å². The first-order chi connectivity index (χ1) is 8.05. The highest BCUT2D eigenvalue weighted by molar-refractivity contribution is 7.85. The summed E-state index contributed by atoms with van der Waals surface area (Å²) in [6.07, 6.45) is 1.46. The molecular weight excluding hydrogens is 258 g/mol. The van der Waals surface area contributed by atoms with E-state index in [-0.39, 0.29) is 17.7 Å². The van der Waals surface area contributed by atoms with Gasteiger partial charge < -0.3 is 10.1 Å². The Labute approximate surface area is 108 Å². The van der Waals surface area contributed by atoms with Crippen molar-refractivity contribution in [1.29, 1.82) is 0 Å². The molecule has 6 nitrogen and oxygen atoms in total. The monoisotopic (exact) mass is 279 g/mol. The number of carbonyl (C=O) groups excluding carboxylic acids is 1. The van der Waals surface area contributed by atoms with Crippen LogP contribution in [-0.4, -0.2) is 36.5 Å². The van der Waals surface area contributed by atoms with E-state index in [9.17, 15) is 13.2 Å². The average molecular weight is 279 g/mol. The predicted octanol–water partition coefficient (Wildman–Crippen LogP) is 1.57. The van der Waals surface area contributed by atoms with Crippen molar-refractivity contribution in [3.8, 4) is 0 Å². The molecule has 0 radical (unpaired) electrons. The zero-order valence-corrected chi connectivity index (χ0v) is 11.8. The van der Waals surface area contributed by atoms with Crippen LogP contribution in [0.1, 0.15) is 40.0 Å². The summed E-state index contributed by atoms with van der Waals surface area (Å²) >= 11 is 0. The van der Waals surface area contributed by atoms with Crippen molar-refractivity contribution in [3.63, 3.8) is 0 Å². The summed E-state index contributed by atoms with van der Waals surface area (Å²) in [7, 11) is -3.93. The van der Waals surface area contributed by atoms with E-state index in [4.69, 9.17) is 9.29 Å². The van der Waals surface area contributed by atoms with E-state index >= 15 is 0 Å². The Kier molecular flexibility index (Phi) is 4.61. The molecule has 106 valence electrons. The third-order valence-corrected chi connectivity index (χ3v) is 3.60. The zero-order valence-electron chi connectivity index (χ0n) is 11.0. The molecule has 7 heteroatoms. The van der Waals surface area contributed by atoms with Gasteiger partial charge in [0, 0.05) is 6.04 Å². The zero-order chi connectivity index (χ0) is 14.0. The molecule has 0 aromatic heterocycles. The van der Waals surface area contributed by atoms with E-state index in [1.54, 1.807) is 20.8 Å². The van der Waals surface area contributed by atoms with Crippen molar-refractivity contribution in [3.05, 3.63) is 0 Å². The second-order valence-electron chi connectivity index (χ2n) is 5.77. The summed E-state index contributed by atoms with van der Waals surface area (Å²) in [5, 5.41) is 2.71. The van der Waals surface area contributed by atoms with Gasteiger partial charge in [0.2, 0.25) is 0 Å². The molecule has 1 saturated carbocycles. The quantitative estimate of drug-likeness (QED) is 0.765. The van der Waals surface area contributed by atoms with Gasteiger partial charge in [-0.05, 0) is 46.0 Å². The van der Waals surface area contributed by atoms with Crippen LogP contribution < -0.4 is 5.32 Å². The van der Waals surface area contributed by atoms with Crippen LogP contribution in [0.3, 0.4) is 0 Å². The lowest BCUT2D eigenvalue weighted by atomic mass is 10.1. The molecular formula is C11H21NO5S. The Morgan fingerprint density at radius 1 is 1.39 bits per heavy atom. The number of ether oxygens (including phenoxy) is 1. The first-order valence-corrected chi connectivity index (χ1v) is 7.61. The lowest BCUT2D eigenvalue weighted by Crippen LogP contribution is -2.38. The number of rotatable bonds is 3. The summed E-state index contributed by atoms with van der Waals surface area (Å²) in [5.74, 6) is -0.334. The van der Waals surface area contributed by atoms with Gasteiger partial charge in [-0.2, -0.15) is 8.42 Å². The van der Waals surface area contributed by atoms with Gasteiger partial charge >= 0.3 is 6.09 Å². The van der Waals surface area contributed by atoms with Crippen LogP contribution in [0.4, 0.5) is 4.79 Å². The lowest BCUT2D eigenvalue weighted by molar-refractivity contribution is 0.0505. The van der Waals surface area contributed by atoms with Crippen LogP contribution in [-0.2, 0) is 14.9 Å². The third kappa shape index (κ3) is 6.20. The summed E-state index contributed by atoms with van der Waals surface area (Å²) in [4.78, 5) is 11.5. The molecule has 1 aliphatic carbocycles. The first kappa shape index (κ1) is 15.2. The number of amides is 1. The Morgan fingerprint density at radius 3 is 2.50 bits per heavy atom. The van der Waals surface area contributed by atoms with Gasteiger partial charge in [-0.1, -0.05) is 0 Å². The summed E-state index contributed by atoms with van der Waals surface area (Å²) in [6.45, 7) is 5.34. The van der Waals surface area contributed by atoms with Crippen LogP contribution in [0, 0.1) is 5.92 Å². The largest absolute Gasteiger partial charge is 0.444 e. The summed E-state index contributed by atoms with van der Waals surface area (Å²) in [5.41, 5.74) is -0.545. The second kappa shape index (κ2) is 5.44. The van der Waals surface area contributed by atoms with E-state index in [0.717, 1.165) is 0 Å². The fourth-order valence-corrected chi connectivity index (χ4v) is 3.03. The number of hydrogen-bond acceptors (Lipinski definition) is 4. The van der Waals surface area contributed by atoms with Crippen molar-refractivity contribution in [2.24, 2.45) is 5.92 Å². The fraction of sp³-hybridized carbons (Fsp3) is 0.909. The molecule has 0 aromatic rings. The minimum absolute atomic E-state index is 0.0772. The van der Waals surface area contributed by atoms with Gasteiger partial charge in [-0.3, -0.25) is 4.55 Å². The standard InChI is InChI=1S/C11H21NO5S/c1-11(2,3)17-10(13)12-9-5-4-8(6-9)7-18(14,15)16/h8-9H,4-7H2,1-3H3,(H,12,13)(H,14,15,16)/t8-,9+/m1/s1. The molecule has 1 amide bonds. The molecule has 0 spiro atoms. The van der Waals surface area contributed by atoms with Crippen molar-refractivity contribution >= 4 is 16.2 Å². The Hall–Kier alpha value is -0.820. The number of carbonyl (C=O) groups is 1. The Morgan fingerprint density at radius 2 is 2.00 bits per heavy atom. The molecule has 1 fully saturated rings. The van der Waals surface area contributed by atoms with Crippen molar-refractivity contribution in [1.82, 2.24) is 5.32 Å². The van der Waals surface area contributed by atoms with Crippen molar-refractivity contribution in [2.45, 2.75) is 51.7 Å². The predicted molar refractivity (Wildman–Crippen MR) is 66.9 cm³/mol. The van der Waals surface area contributed by atoms with Gasteiger partial charge in [-0.25, -0.2) is 4.79 Å². The highest BCUT2D eigenvalue weighted by atomic mass is 32.2. The van der Waals surface area contributed by atoms with Crippen LogP contribution in [0.25, 0.3) is 0 Å². The molecule has 1 rings (SSSR count). The summed E-state index contributed by atoms with van der Waals surface area (Å²) in [6, 6.07) is -0.0772. The summed E-state index contributed by atoms with van der Waals surface area (Å²) < 4.78 is 35.4. The van der Waals surface area contributed by atoms with Crippen LogP contribution in [0.5, 0.6) is 0 Å². The van der Waals surface area contributed by atoms with Crippen molar-refractivity contribution < 1.29 is 22.5 Å². The molecule has 0 heterocycles. The van der Waals surface area contributed by atoms with Gasteiger partial charge in [0.15, 0.2) is 0 Å². The van der Waals surface area contributed by atoms with Gasteiger partial charge in [0.25, 0.3) is 10.1 Å². The highest BCUT2D eigenvalue weighted by Gasteiger charge is 2.30. The normalized spacial score (nSPS) is 24.9. The molecule has 0 aliphatic heterocycles. The van der Waals surface area contributed by atoms with Crippen LogP contribution in [0.15, 0.2) is 0 Å². The van der Waals surface area contributed by atoms with E-state index in [1.165, 1.54) is 0 Å². The second-order valence-corrected chi connectivity index (χ2v) is 7.27. The van der Waals surface area contributed by atoms with E-state index in [0.29, 0.717) is 19.3 Å². The first-order valence-electron chi connectivity index (χ1n) is 6.00. The topological polar surface area (TPSA) is 92.7 Å². The SMILES string of the molecule is CC(C)(C)OC(=O)N[C@H]1CC[C@@H](CS(=O)(=O)O)C1. The Balaban J connectivity index is 2.37. The fourth-order valence-electron chi connectivity index (χ4n) is 2.13. The number of alkyl carbamates (subject to hydrolysis) is 1. The molecule has 2 N–H and O–H groups in total. The highest BCUT2D eigenvalue weighted by Crippen LogP contribution is 2.26. The molecule has 2 atom stereocenters. The minimum atomic E-state index is -3.93. The maximum Gasteiger partial charge on any atom is 0.407 e.